The zero-order valence-corrected chi connectivity index (χ0v) is 17.0. The summed E-state index contributed by atoms with van der Waals surface area (Å²) in [5.41, 5.74) is 2.83. The average molecular weight is 428 g/mol. The van der Waals surface area contributed by atoms with Crippen LogP contribution in [0.1, 0.15) is 18.2 Å². The van der Waals surface area contributed by atoms with E-state index < -0.39 is 0 Å². The lowest BCUT2D eigenvalue weighted by Crippen LogP contribution is -2.29. The van der Waals surface area contributed by atoms with Crippen molar-refractivity contribution >= 4 is 50.2 Å². The number of hydrogen-bond acceptors (Lipinski definition) is 4. The van der Waals surface area contributed by atoms with Crippen molar-refractivity contribution in [3.05, 3.63) is 75.8 Å². The number of allylic oxidation sites excluding steroid dienone is 1. The van der Waals surface area contributed by atoms with Gasteiger partial charge in [0.05, 0.1) is 4.91 Å². The number of aryl methyl sites for hydroxylation is 1. The predicted octanol–water partition coefficient (Wildman–Crippen LogP) is 5.33. The molecule has 26 heavy (non-hydrogen) atoms. The normalized spacial score (nSPS) is 17.7. The molecule has 1 aromatic carbocycles. The second kappa shape index (κ2) is 8.01. The van der Waals surface area contributed by atoms with Gasteiger partial charge in [-0.1, -0.05) is 40.2 Å². The summed E-state index contributed by atoms with van der Waals surface area (Å²) in [7, 11) is 0. The molecule has 0 saturated carbocycles. The number of amidine groups is 1. The molecular weight excluding hydrogens is 410 g/mol. The first kappa shape index (κ1) is 18.6. The van der Waals surface area contributed by atoms with Crippen molar-refractivity contribution in [2.75, 3.05) is 6.54 Å². The minimum atomic E-state index is -0.0540. The Kier molecular flexibility index (Phi) is 5.74. The molecule has 4 nitrogen and oxygen atoms in total. The van der Waals surface area contributed by atoms with E-state index in [0.29, 0.717) is 22.4 Å². The molecule has 1 aliphatic heterocycles. The maximum atomic E-state index is 12.9. The van der Waals surface area contributed by atoms with E-state index in [1.54, 1.807) is 11.0 Å². The van der Waals surface area contributed by atoms with Crippen LogP contribution in [0, 0.1) is 6.92 Å². The van der Waals surface area contributed by atoms with Crippen molar-refractivity contribution in [3.8, 4) is 0 Å². The molecule has 0 aliphatic carbocycles. The first-order valence-corrected chi connectivity index (χ1v) is 9.70. The largest absolute Gasteiger partial charge is 0.282 e. The minimum Gasteiger partial charge on any atom is -0.282 e. The molecule has 0 radical (unpaired) electrons. The number of carbonyl (C=O) groups excluding carboxylic acids is 1. The van der Waals surface area contributed by atoms with Crippen LogP contribution in [-0.2, 0) is 4.79 Å². The van der Waals surface area contributed by atoms with Crippen molar-refractivity contribution in [2.45, 2.75) is 13.8 Å². The summed E-state index contributed by atoms with van der Waals surface area (Å²) in [6.07, 6.45) is 1.70. The highest BCUT2D eigenvalue weighted by molar-refractivity contribution is 9.10. The van der Waals surface area contributed by atoms with E-state index in [2.05, 4.69) is 32.5 Å². The Balaban J connectivity index is 2.02. The molecule has 1 saturated heterocycles. The molecule has 2 aromatic rings. The van der Waals surface area contributed by atoms with E-state index in [-0.39, 0.29) is 5.91 Å². The summed E-state index contributed by atoms with van der Waals surface area (Å²) >= 11 is 4.82. The van der Waals surface area contributed by atoms with Gasteiger partial charge in [-0.05, 0) is 61.0 Å². The third-order valence-corrected chi connectivity index (χ3v) is 5.58. The molecule has 1 amide bonds. The van der Waals surface area contributed by atoms with Crippen molar-refractivity contribution < 1.29 is 4.79 Å². The number of rotatable bonds is 4. The zero-order valence-electron chi connectivity index (χ0n) is 14.6. The molecular formula is C20H18BrN3OS. The standard InChI is InChI=1S/C20H18BrN3OS/c1-4-12-24-19(25)18(14(3)15-8-10-16(21)11-9-15)26-20(24)23-17-7-5-6-13(2)22-17/h4-11H,1,12H2,2-3H3/b18-14-,23-20+. The van der Waals surface area contributed by atoms with E-state index in [1.807, 2.05) is 56.3 Å². The second-order valence-corrected chi connectivity index (χ2v) is 7.69. The van der Waals surface area contributed by atoms with Crippen LogP contribution in [0.4, 0.5) is 5.82 Å². The van der Waals surface area contributed by atoms with Gasteiger partial charge in [-0.15, -0.1) is 6.58 Å². The molecule has 0 unspecified atom stereocenters. The number of hydrogen-bond donors (Lipinski definition) is 0. The first-order chi connectivity index (χ1) is 12.5. The summed E-state index contributed by atoms with van der Waals surface area (Å²) in [4.78, 5) is 24.3. The Labute approximate surface area is 165 Å². The Hall–Kier alpha value is -2.18. The van der Waals surface area contributed by atoms with Gasteiger partial charge in [-0.25, -0.2) is 9.98 Å². The highest BCUT2D eigenvalue weighted by atomic mass is 79.9. The highest BCUT2D eigenvalue weighted by Gasteiger charge is 2.34. The van der Waals surface area contributed by atoms with Gasteiger partial charge in [0.2, 0.25) is 0 Å². The van der Waals surface area contributed by atoms with Crippen LogP contribution >= 0.6 is 27.7 Å². The van der Waals surface area contributed by atoms with Crippen molar-refractivity contribution in [1.82, 2.24) is 9.88 Å². The maximum absolute atomic E-state index is 12.9. The Bertz CT molecular complexity index is 919. The number of amides is 1. The number of nitrogens with zero attached hydrogens (tertiary/aromatic N) is 3. The molecule has 2 heterocycles. The Morgan fingerprint density at radius 2 is 2.04 bits per heavy atom. The van der Waals surface area contributed by atoms with Crippen LogP contribution in [-0.4, -0.2) is 27.5 Å². The number of aromatic nitrogens is 1. The smallest absolute Gasteiger partial charge is 0.267 e. The third kappa shape index (κ3) is 3.97. The fourth-order valence-corrected chi connectivity index (χ4v) is 3.85. The first-order valence-electron chi connectivity index (χ1n) is 8.09. The number of pyridine rings is 1. The molecule has 132 valence electrons. The lowest BCUT2D eigenvalue weighted by atomic mass is 10.1. The molecule has 1 aromatic heterocycles. The number of benzene rings is 1. The van der Waals surface area contributed by atoms with Gasteiger partial charge in [-0.2, -0.15) is 0 Å². The number of aliphatic imine (C=N–C) groups is 1. The van der Waals surface area contributed by atoms with Crippen molar-refractivity contribution in [1.29, 1.82) is 0 Å². The van der Waals surface area contributed by atoms with E-state index in [9.17, 15) is 4.79 Å². The van der Waals surface area contributed by atoms with Gasteiger partial charge in [0.25, 0.3) is 5.91 Å². The summed E-state index contributed by atoms with van der Waals surface area (Å²) < 4.78 is 1.01. The number of carbonyl (C=O) groups is 1. The third-order valence-electron chi connectivity index (χ3n) is 3.88. The van der Waals surface area contributed by atoms with Crippen LogP contribution in [0.3, 0.4) is 0 Å². The summed E-state index contributed by atoms with van der Waals surface area (Å²) in [5, 5.41) is 0.625. The molecule has 0 bridgehead atoms. The molecule has 3 rings (SSSR count). The maximum Gasteiger partial charge on any atom is 0.267 e. The molecule has 0 N–H and O–H groups in total. The topological polar surface area (TPSA) is 45.6 Å². The fraction of sp³-hybridized carbons (Fsp3) is 0.150. The number of halogens is 1. The van der Waals surface area contributed by atoms with Crippen molar-refractivity contribution in [3.63, 3.8) is 0 Å². The molecule has 1 fully saturated rings. The van der Waals surface area contributed by atoms with Gasteiger partial charge in [0.1, 0.15) is 0 Å². The molecule has 6 heteroatoms. The Morgan fingerprint density at radius 1 is 1.31 bits per heavy atom. The van der Waals surface area contributed by atoms with Crippen LogP contribution in [0.5, 0.6) is 0 Å². The van der Waals surface area contributed by atoms with E-state index >= 15 is 0 Å². The molecule has 1 aliphatic rings. The van der Waals surface area contributed by atoms with Gasteiger partial charge >= 0.3 is 0 Å². The Morgan fingerprint density at radius 3 is 2.69 bits per heavy atom. The van der Waals surface area contributed by atoms with Crippen LogP contribution in [0.2, 0.25) is 0 Å². The second-order valence-electron chi connectivity index (χ2n) is 5.80. The lowest BCUT2D eigenvalue weighted by Gasteiger charge is -2.12. The zero-order chi connectivity index (χ0) is 18.7. The van der Waals surface area contributed by atoms with Gasteiger partial charge in [0.15, 0.2) is 11.0 Å². The van der Waals surface area contributed by atoms with E-state index in [0.717, 1.165) is 21.3 Å². The van der Waals surface area contributed by atoms with E-state index in [4.69, 9.17) is 0 Å². The van der Waals surface area contributed by atoms with Gasteiger partial charge in [0, 0.05) is 16.7 Å². The molecule has 0 spiro atoms. The van der Waals surface area contributed by atoms with Gasteiger partial charge < -0.3 is 0 Å². The SMILES string of the molecule is C=CCN1C(=O)/C(=C(\C)c2ccc(Br)cc2)S/C1=N/c1cccc(C)n1. The molecule has 0 atom stereocenters. The van der Waals surface area contributed by atoms with Crippen LogP contribution in [0.25, 0.3) is 5.57 Å². The average Bonchev–Trinajstić information content (AvgIpc) is 2.92. The fourth-order valence-electron chi connectivity index (χ4n) is 2.53. The summed E-state index contributed by atoms with van der Waals surface area (Å²) in [6, 6.07) is 13.6. The van der Waals surface area contributed by atoms with Crippen LogP contribution in [0.15, 0.2) is 69.5 Å². The van der Waals surface area contributed by atoms with E-state index in [1.165, 1.54) is 11.8 Å². The number of thioether (sulfide) groups is 1. The quantitative estimate of drug-likeness (QED) is 0.488. The summed E-state index contributed by atoms with van der Waals surface area (Å²) in [6.45, 7) is 8.05. The van der Waals surface area contributed by atoms with Gasteiger partial charge in [-0.3, -0.25) is 9.69 Å². The van der Waals surface area contributed by atoms with Crippen molar-refractivity contribution in [2.24, 2.45) is 4.99 Å². The van der Waals surface area contributed by atoms with Crippen LogP contribution < -0.4 is 0 Å². The lowest BCUT2D eigenvalue weighted by molar-refractivity contribution is -0.121. The monoisotopic (exact) mass is 427 g/mol. The summed E-state index contributed by atoms with van der Waals surface area (Å²) in [5.74, 6) is 0.540. The predicted molar refractivity (Wildman–Crippen MR) is 112 cm³/mol. The minimum absolute atomic E-state index is 0.0540. The highest BCUT2D eigenvalue weighted by Crippen LogP contribution is 2.37.